The van der Waals surface area contributed by atoms with Crippen molar-refractivity contribution in [3.05, 3.63) is 53.1 Å². The molecule has 3 rings (SSSR count). The minimum Gasteiger partial charge on any atom is -0.507 e. The zero-order chi connectivity index (χ0) is 19.8. The first-order chi connectivity index (χ1) is 13.7. The number of unbranched alkanes of at least 4 members (excludes halogenated alkanes) is 6. The smallest absolute Gasteiger partial charge is 0.230 e. The van der Waals surface area contributed by atoms with Gasteiger partial charge in [-0.05, 0) is 36.8 Å². The van der Waals surface area contributed by atoms with E-state index in [0.29, 0.717) is 16.5 Å². The summed E-state index contributed by atoms with van der Waals surface area (Å²) < 4.78 is 2.17. The van der Waals surface area contributed by atoms with Gasteiger partial charge in [0.1, 0.15) is 5.75 Å². The van der Waals surface area contributed by atoms with E-state index >= 15 is 0 Å². The van der Waals surface area contributed by atoms with Gasteiger partial charge in [-0.2, -0.15) is 0 Å². The number of aliphatic imine (C=N–C) groups is 1. The number of aromatic hydroxyl groups is 1. The van der Waals surface area contributed by atoms with Crippen LogP contribution in [0.1, 0.15) is 57.4 Å². The van der Waals surface area contributed by atoms with Crippen LogP contribution < -0.4 is 0 Å². The predicted molar refractivity (Wildman–Crippen MR) is 118 cm³/mol. The van der Waals surface area contributed by atoms with Gasteiger partial charge in [0, 0.05) is 23.3 Å². The Morgan fingerprint density at radius 2 is 1.79 bits per heavy atom. The third-order valence-electron chi connectivity index (χ3n) is 4.93. The number of halogens is 1. The van der Waals surface area contributed by atoms with Crippen molar-refractivity contribution in [3.63, 3.8) is 0 Å². The Kier molecular flexibility index (Phi) is 7.49. The summed E-state index contributed by atoms with van der Waals surface area (Å²) in [6, 6.07) is 13.0. The summed E-state index contributed by atoms with van der Waals surface area (Å²) in [6.07, 6.45) is 10.5. The molecular formula is C23H28ClN3O. The maximum Gasteiger partial charge on any atom is 0.230 e. The Bertz CT molecular complexity index is 933. The van der Waals surface area contributed by atoms with E-state index in [2.05, 4.69) is 27.5 Å². The third-order valence-corrected chi connectivity index (χ3v) is 5.16. The molecule has 0 spiro atoms. The van der Waals surface area contributed by atoms with Crippen molar-refractivity contribution in [2.24, 2.45) is 4.99 Å². The predicted octanol–water partition coefficient (Wildman–Crippen LogP) is 6.90. The fourth-order valence-corrected chi connectivity index (χ4v) is 3.55. The van der Waals surface area contributed by atoms with E-state index in [9.17, 15) is 5.11 Å². The lowest BCUT2D eigenvalue weighted by molar-refractivity contribution is 0.474. The minimum atomic E-state index is 0.155. The van der Waals surface area contributed by atoms with E-state index in [0.717, 1.165) is 24.0 Å². The summed E-state index contributed by atoms with van der Waals surface area (Å²) in [5.41, 5.74) is 2.62. The van der Waals surface area contributed by atoms with Crippen molar-refractivity contribution in [2.45, 2.75) is 58.4 Å². The molecule has 0 atom stereocenters. The Labute approximate surface area is 171 Å². The zero-order valence-corrected chi connectivity index (χ0v) is 17.2. The van der Waals surface area contributed by atoms with Crippen molar-refractivity contribution in [1.29, 1.82) is 0 Å². The molecule has 2 aromatic carbocycles. The molecule has 0 fully saturated rings. The van der Waals surface area contributed by atoms with Crippen LogP contribution in [-0.4, -0.2) is 20.9 Å². The monoisotopic (exact) mass is 397 g/mol. The number of hydrogen-bond acceptors (Lipinski definition) is 3. The van der Waals surface area contributed by atoms with Crippen LogP contribution in [0.15, 0.2) is 47.5 Å². The fourth-order valence-electron chi connectivity index (χ4n) is 3.36. The van der Waals surface area contributed by atoms with E-state index in [4.69, 9.17) is 11.6 Å². The first-order valence-electron chi connectivity index (χ1n) is 10.2. The molecule has 5 heteroatoms. The molecule has 1 N–H and O–H groups in total. The molecule has 1 aromatic heterocycles. The molecular weight excluding hydrogens is 370 g/mol. The number of rotatable bonds is 10. The molecule has 0 bridgehead atoms. The standard InChI is InChI=1S/C23H28ClN3O/c1-2-3-4-5-6-7-10-15-27-21-12-9-8-11-20(21)26-23(27)25-17-18-16-19(24)13-14-22(18)28/h8-9,11-14,16-17,28H,2-7,10,15H2,1H3/b25-17+. The average Bonchev–Trinajstić information content (AvgIpc) is 3.05. The number of aryl methyl sites for hydroxylation is 1. The second kappa shape index (κ2) is 10.3. The van der Waals surface area contributed by atoms with E-state index in [1.165, 1.54) is 38.5 Å². The van der Waals surface area contributed by atoms with Crippen molar-refractivity contribution in [2.75, 3.05) is 0 Å². The molecule has 1 heterocycles. The summed E-state index contributed by atoms with van der Waals surface area (Å²) in [5, 5.41) is 10.6. The number of phenolic OH excluding ortho intramolecular Hbond substituents is 1. The first kappa shape index (κ1) is 20.4. The molecule has 0 aliphatic rings. The molecule has 0 aliphatic carbocycles. The second-order valence-corrected chi connectivity index (χ2v) is 7.57. The SMILES string of the molecule is CCCCCCCCCn1c(/N=C/c2cc(Cl)ccc2O)nc2ccccc21. The number of hydrogen-bond donors (Lipinski definition) is 1. The highest BCUT2D eigenvalue weighted by Gasteiger charge is 2.09. The van der Waals surface area contributed by atoms with Gasteiger partial charge in [0.2, 0.25) is 5.95 Å². The van der Waals surface area contributed by atoms with Gasteiger partial charge < -0.3 is 9.67 Å². The quantitative estimate of drug-likeness (QED) is 0.299. The summed E-state index contributed by atoms with van der Waals surface area (Å²) in [7, 11) is 0. The van der Waals surface area contributed by atoms with Crippen LogP contribution >= 0.6 is 11.6 Å². The number of imidazole rings is 1. The number of nitrogens with zero attached hydrogens (tertiary/aromatic N) is 3. The van der Waals surface area contributed by atoms with Crippen molar-refractivity contribution in [3.8, 4) is 5.75 Å². The Morgan fingerprint density at radius 1 is 1.04 bits per heavy atom. The topological polar surface area (TPSA) is 50.4 Å². The van der Waals surface area contributed by atoms with Crippen LogP contribution in [0, 0.1) is 0 Å². The summed E-state index contributed by atoms with van der Waals surface area (Å²) in [6.45, 7) is 3.14. The number of phenols is 1. The zero-order valence-electron chi connectivity index (χ0n) is 16.4. The third kappa shape index (κ3) is 5.35. The Hall–Kier alpha value is -2.33. The second-order valence-electron chi connectivity index (χ2n) is 7.13. The van der Waals surface area contributed by atoms with Crippen LogP contribution in [0.4, 0.5) is 5.95 Å². The molecule has 0 radical (unpaired) electrons. The van der Waals surface area contributed by atoms with Crippen molar-refractivity contribution in [1.82, 2.24) is 9.55 Å². The fraction of sp³-hybridized carbons (Fsp3) is 0.391. The van der Waals surface area contributed by atoms with E-state index in [1.54, 1.807) is 24.4 Å². The Balaban J connectivity index is 1.73. The van der Waals surface area contributed by atoms with Crippen LogP contribution in [0.25, 0.3) is 11.0 Å². The largest absolute Gasteiger partial charge is 0.507 e. The summed E-state index contributed by atoms with van der Waals surface area (Å²) >= 11 is 6.03. The van der Waals surface area contributed by atoms with Gasteiger partial charge in [0.25, 0.3) is 0 Å². The van der Waals surface area contributed by atoms with Crippen molar-refractivity contribution >= 4 is 34.8 Å². The van der Waals surface area contributed by atoms with Gasteiger partial charge in [-0.25, -0.2) is 9.98 Å². The number of aromatic nitrogens is 2. The average molecular weight is 398 g/mol. The van der Waals surface area contributed by atoms with Crippen molar-refractivity contribution < 1.29 is 5.11 Å². The summed E-state index contributed by atoms with van der Waals surface area (Å²) in [5.74, 6) is 0.814. The van der Waals surface area contributed by atoms with Gasteiger partial charge in [-0.15, -0.1) is 0 Å². The van der Waals surface area contributed by atoms with Crippen LogP contribution in [0.2, 0.25) is 5.02 Å². The minimum absolute atomic E-state index is 0.155. The molecule has 0 amide bonds. The maximum absolute atomic E-state index is 10.0. The molecule has 28 heavy (non-hydrogen) atoms. The van der Waals surface area contributed by atoms with E-state index in [-0.39, 0.29) is 5.75 Å². The molecule has 148 valence electrons. The lowest BCUT2D eigenvalue weighted by atomic mass is 10.1. The van der Waals surface area contributed by atoms with Crippen LogP contribution in [-0.2, 0) is 6.54 Å². The van der Waals surface area contributed by atoms with Gasteiger partial charge in [-0.3, -0.25) is 0 Å². The highest BCUT2D eigenvalue weighted by atomic mass is 35.5. The maximum atomic E-state index is 10.0. The number of benzene rings is 2. The number of para-hydroxylation sites is 2. The van der Waals surface area contributed by atoms with E-state index < -0.39 is 0 Å². The van der Waals surface area contributed by atoms with Gasteiger partial charge in [-0.1, -0.05) is 69.2 Å². The van der Waals surface area contributed by atoms with Crippen LogP contribution in [0.5, 0.6) is 5.75 Å². The Morgan fingerprint density at radius 3 is 2.61 bits per heavy atom. The molecule has 0 saturated carbocycles. The highest BCUT2D eigenvalue weighted by molar-refractivity contribution is 6.30. The lowest BCUT2D eigenvalue weighted by Gasteiger charge is -2.07. The first-order valence-corrected chi connectivity index (χ1v) is 10.5. The van der Waals surface area contributed by atoms with Gasteiger partial charge in [0.05, 0.1) is 11.0 Å². The molecule has 3 aromatic rings. The number of fused-ring (bicyclic) bond motifs is 1. The molecule has 0 saturated heterocycles. The van der Waals surface area contributed by atoms with Gasteiger partial charge >= 0.3 is 0 Å². The lowest BCUT2D eigenvalue weighted by Crippen LogP contribution is -1.98. The normalized spacial score (nSPS) is 11.6. The van der Waals surface area contributed by atoms with Gasteiger partial charge in [0.15, 0.2) is 0 Å². The molecule has 4 nitrogen and oxygen atoms in total. The summed E-state index contributed by atoms with van der Waals surface area (Å²) in [4.78, 5) is 9.23. The molecule has 0 aliphatic heterocycles. The highest BCUT2D eigenvalue weighted by Crippen LogP contribution is 2.24. The molecule has 0 unspecified atom stereocenters. The van der Waals surface area contributed by atoms with E-state index in [1.807, 2.05) is 18.2 Å². The van der Waals surface area contributed by atoms with Crippen LogP contribution in [0.3, 0.4) is 0 Å².